The van der Waals surface area contributed by atoms with Crippen molar-refractivity contribution in [2.75, 3.05) is 30.4 Å². The summed E-state index contributed by atoms with van der Waals surface area (Å²) in [5.74, 6) is -3.57. The largest absolute Gasteiger partial charge is 0.368 e. The number of benzene rings is 2. The van der Waals surface area contributed by atoms with Gasteiger partial charge in [-0.2, -0.15) is 0 Å². The Hall–Kier alpha value is -4.19. The van der Waals surface area contributed by atoms with E-state index in [9.17, 15) is 23.2 Å². The number of amides is 2. The Labute approximate surface area is 272 Å². The molecule has 0 unspecified atom stereocenters. The maximum Gasteiger partial charge on any atom is 0.264 e. The van der Waals surface area contributed by atoms with E-state index in [0.717, 1.165) is 12.3 Å². The number of rotatable bonds is 8. The van der Waals surface area contributed by atoms with E-state index in [1.807, 2.05) is 41.7 Å². The van der Waals surface area contributed by atoms with Crippen molar-refractivity contribution in [2.45, 2.75) is 78.9 Å². The number of anilines is 2. The van der Waals surface area contributed by atoms with Crippen LogP contribution in [0, 0.1) is 17.0 Å². The lowest BCUT2D eigenvalue weighted by Crippen LogP contribution is -2.55. The molecule has 12 heteroatoms. The van der Waals surface area contributed by atoms with Crippen LogP contribution in [0.5, 0.6) is 0 Å². The Kier molecular flexibility index (Phi) is 10.2. The molecular formula is C35H43F4N5O3. The van der Waals surface area contributed by atoms with Gasteiger partial charge in [0, 0.05) is 77.1 Å². The maximum absolute atomic E-state index is 15.7. The van der Waals surface area contributed by atoms with Gasteiger partial charge in [-0.3, -0.25) is 19.3 Å². The van der Waals surface area contributed by atoms with Gasteiger partial charge in [0.15, 0.2) is 0 Å². The first-order valence-electron chi connectivity index (χ1n) is 15.5. The summed E-state index contributed by atoms with van der Waals surface area (Å²) in [6.45, 7) is 15.0. The van der Waals surface area contributed by atoms with Crippen molar-refractivity contribution in [3.63, 3.8) is 0 Å². The van der Waals surface area contributed by atoms with Gasteiger partial charge < -0.3 is 20.5 Å². The Morgan fingerprint density at radius 3 is 2.15 bits per heavy atom. The number of hydrogen-bond donors (Lipinski definition) is 3. The number of likely N-dealkylation sites (N-methyl/N-ethyl adjacent to an activating group) is 1. The van der Waals surface area contributed by atoms with Gasteiger partial charge in [0.25, 0.3) is 18.2 Å². The average molecular weight is 658 g/mol. The van der Waals surface area contributed by atoms with Crippen LogP contribution >= 0.6 is 0 Å². The smallest absolute Gasteiger partial charge is 0.264 e. The van der Waals surface area contributed by atoms with Gasteiger partial charge in [0.2, 0.25) is 5.56 Å². The van der Waals surface area contributed by atoms with Crippen LogP contribution in [-0.2, 0) is 0 Å². The number of piperazine rings is 1. The van der Waals surface area contributed by atoms with Crippen molar-refractivity contribution < 1.29 is 27.2 Å². The topological polar surface area (TPSA) is 97.5 Å². The molecule has 0 radical (unpaired) electrons. The van der Waals surface area contributed by atoms with Crippen molar-refractivity contribution in [3.05, 3.63) is 81.3 Å². The van der Waals surface area contributed by atoms with Crippen LogP contribution in [0.2, 0.25) is 0 Å². The third-order valence-corrected chi connectivity index (χ3v) is 8.41. The minimum absolute atomic E-state index is 0.0761. The number of pyridine rings is 1. The number of nitrogens with one attached hydrogen (secondary N) is 3. The van der Waals surface area contributed by atoms with Crippen LogP contribution in [0.15, 0.2) is 47.4 Å². The third-order valence-electron chi connectivity index (χ3n) is 8.41. The standard InChI is InChI=1S/C35H43F4N5O3/c1-19-16-44(17-20(2)43(19)8)29-10-9-21(41-32(46)26-15-40-30(45)13-24(26)31(38)39)11-23(29)22-12-25(28(37)14-27(22)36)33(47)42-35(6,7)18-34(3,4)5/h9-15,19-20,31H,16-18H2,1-8H3,(H,40,45)(H,41,46)(H,42,47)/t19-,20+. The molecule has 254 valence electrons. The zero-order valence-corrected chi connectivity index (χ0v) is 28.0. The Morgan fingerprint density at radius 2 is 1.55 bits per heavy atom. The lowest BCUT2D eigenvalue weighted by Gasteiger charge is -2.44. The molecule has 47 heavy (non-hydrogen) atoms. The highest BCUT2D eigenvalue weighted by atomic mass is 19.3. The van der Waals surface area contributed by atoms with E-state index in [-0.39, 0.29) is 39.9 Å². The van der Waals surface area contributed by atoms with E-state index < -0.39 is 52.1 Å². The number of halogens is 4. The molecule has 1 aliphatic heterocycles. The number of carbonyl (C=O) groups excluding carboxylic acids is 2. The minimum Gasteiger partial charge on any atom is -0.368 e. The van der Waals surface area contributed by atoms with Crippen molar-refractivity contribution in [3.8, 4) is 11.1 Å². The van der Waals surface area contributed by atoms with Crippen molar-refractivity contribution in [1.29, 1.82) is 0 Å². The molecule has 8 nitrogen and oxygen atoms in total. The summed E-state index contributed by atoms with van der Waals surface area (Å²) in [7, 11) is 2.02. The molecule has 3 N–H and O–H groups in total. The van der Waals surface area contributed by atoms with Gasteiger partial charge in [-0.1, -0.05) is 20.8 Å². The second-order valence-electron chi connectivity index (χ2n) is 14.3. The summed E-state index contributed by atoms with van der Waals surface area (Å²) in [5, 5.41) is 5.44. The SMILES string of the molecule is C[C@@H]1CN(c2ccc(NC(=O)c3c[nH]c(=O)cc3C(F)F)cc2-c2cc(C(=O)NC(C)(C)CC(C)(C)C)c(F)cc2F)C[C@H](C)N1C. The minimum atomic E-state index is -3.08. The van der Waals surface area contributed by atoms with Crippen molar-refractivity contribution in [1.82, 2.24) is 15.2 Å². The van der Waals surface area contributed by atoms with Crippen LogP contribution < -0.4 is 21.1 Å². The number of nitrogens with zero attached hydrogens (tertiary/aromatic N) is 2. The summed E-state index contributed by atoms with van der Waals surface area (Å²) in [5.41, 5.74) is -2.23. The normalized spacial score (nSPS) is 17.6. The molecule has 0 saturated carbocycles. The van der Waals surface area contributed by atoms with E-state index in [0.29, 0.717) is 37.3 Å². The highest BCUT2D eigenvalue weighted by molar-refractivity contribution is 6.06. The van der Waals surface area contributed by atoms with Crippen LogP contribution in [-0.4, -0.2) is 59.5 Å². The molecule has 1 aromatic heterocycles. The van der Waals surface area contributed by atoms with E-state index in [2.05, 4.69) is 39.3 Å². The van der Waals surface area contributed by atoms with E-state index in [1.165, 1.54) is 6.07 Å². The van der Waals surface area contributed by atoms with Gasteiger partial charge in [-0.25, -0.2) is 17.6 Å². The fourth-order valence-corrected chi connectivity index (χ4v) is 6.44. The second kappa shape index (κ2) is 13.5. The molecule has 0 bridgehead atoms. The van der Waals surface area contributed by atoms with Crippen molar-refractivity contribution >= 4 is 23.2 Å². The van der Waals surface area contributed by atoms with Gasteiger partial charge in [0.05, 0.1) is 11.1 Å². The number of carbonyl (C=O) groups is 2. The molecule has 2 atom stereocenters. The second-order valence-corrected chi connectivity index (χ2v) is 14.3. The van der Waals surface area contributed by atoms with E-state index in [1.54, 1.807) is 12.1 Å². The van der Waals surface area contributed by atoms with Gasteiger partial charge in [-0.05, 0) is 70.8 Å². The van der Waals surface area contributed by atoms with Crippen LogP contribution in [0.4, 0.5) is 28.9 Å². The quantitative estimate of drug-likeness (QED) is 0.227. The first-order chi connectivity index (χ1) is 21.8. The van der Waals surface area contributed by atoms with Crippen molar-refractivity contribution in [2.24, 2.45) is 5.41 Å². The molecule has 3 aromatic rings. The molecular weight excluding hydrogens is 614 g/mol. The highest BCUT2D eigenvalue weighted by Crippen LogP contribution is 2.38. The number of alkyl halides is 2. The Bertz CT molecular complexity index is 1700. The fraction of sp³-hybridized carbons (Fsp3) is 0.457. The predicted octanol–water partition coefficient (Wildman–Crippen LogP) is 6.98. The number of aromatic amines is 1. The first-order valence-corrected chi connectivity index (χ1v) is 15.5. The number of hydrogen-bond acceptors (Lipinski definition) is 5. The molecule has 1 fully saturated rings. The monoisotopic (exact) mass is 657 g/mol. The first kappa shape index (κ1) is 35.7. The summed E-state index contributed by atoms with van der Waals surface area (Å²) >= 11 is 0. The van der Waals surface area contributed by atoms with Crippen LogP contribution in [0.25, 0.3) is 11.1 Å². The lowest BCUT2D eigenvalue weighted by atomic mass is 9.81. The maximum atomic E-state index is 15.7. The number of H-pyrrole nitrogens is 1. The van der Waals surface area contributed by atoms with Crippen LogP contribution in [0.3, 0.4) is 0 Å². The Morgan fingerprint density at radius 1 is 0.915 bits per heavy atom. The predicted molar refractivity (Wildman–Crippen MR) is 176 cm³/mol. The molecule has 2 aromatic carbocycles. The van der Waals surface area contributed by atoms with Gasteiger partial charge >= 0.3 is 0 Å². The molecule has 2 amide bonds. The van der Waals surface area contributed by atoms with E-state index >= 15 is 8.78 Å². The van der Waals surface area contributed by atoms with Crippen LogP contribution in [0.1, 0.15) is 87.6 Å². The number of aromatic nitrogens is 1. The fourth-order valence-electron chi connectivity index (χ4n) is 6.44. The van der Waals surface area contributed by atoms with Gasteiger partial charge in [-0.15, -0.1) is 0 Å². The zero-order valence-electron chi connectivity index (χ0n) is 28.0. The molecule has 4 rings (SSSR count). The Balaban J connectivity index is 1.81. The average Bonchev–Trinajstić information content (AvgIpc) is 2.93. The molecule has 1 saturated heterocycles. The summed E-state index contributed by atoms with van der Waals surface area (Å²) in [6, 6.07) is 7.45. The molecule has 2 heterocycles. The van der Waals surface area contributed by atoms with E-state index in [4.69, 9.17) is 0 Å². The summed E-state index contributed by atoms with van der Waals surface area (Å²) < 4.78 is 58.3. The van der Waals surface area contributed by atoms with Gasteiger partial charge in [0.1, 0.15) is 11.6 Å². The third kappa shape index (κ3) is 8.40. The molecule has 0 spiro atoms. The molecule has 0 aliphatic carbocycles. The molecule has 1 aliphatic rings. The lowest BCUT2D eigenvalue weighted by molar-refractivity contribution is 0.0886. The zero-order chi connectivity index (χ0) is 35.0. The summed E-state index contributed by atoms with van der Waals surface area (Å²) in [6.07, 6.45) is -1.58. The highest BCUT2D eigenvalue weighted by Gasteiger charge is 2.31. The summed E-state index contributed by atoms with van der Waals surface area (Å²) in [4.78, 5) is 44.7.